The quantitative estimate of drug-likeness (QED) is 0.177. The van der Waals surface area contributed by atoms with Crippen molar-refractivity contribution in [2.45, 2.75) is 38.5 Å². The third kappa shape index (κ3) is 4.73. The van der Waals surface area contributed by atoms with Crippen LogP contribution >= 0.6 is 0 Å². The Hall–Kier alpha value is -6.71. The number of benzene rings is 8. The van der Waals surface area contributed by atoms with Gasteiger partial charge in [-0.05, 0) is 116 Å². The monoisotopic (exact) mass is 720 g/mol. The van der Waals surface area contributed by atoms with E-state index in [0.717, 1.165) is 55.6 Å². The zero-order valence-corrected chi connectivity index (χ0v) is 32.0. The Morgan fingerprint density at radius 1 is 0.411 bits per heavy atom. The smallest absolute Gasteiger partial charge is 0.227 e. The average Bonchev–Trinajstić information content (AvgIpc) is 3.85. The van der Waals surface area contributed by atoms with E-state index in [0.29, 0.717) is 5.89 Å². The summed E-state index contributed by atoms with van der Waals surface area (Å²) in [6.07, 6.45) is 0. The minimum absolute atomic E-state index is 0.0569. The molecule has 2 aliphatic carbocycles. The molecule has 268 valence electrons. The molecule has 0 N–H and O–H groups in total. The van der Waals surface area contributed by atoms with Crippen molar-refractivity contribution < 1.29 is 4.42 Å². The average molecular weight is 721 g/mol. The Kier molecular flexibility index (Phi) is 6.94. The maximum Gasteiger partial charge on any atom is 0.227 e. The van der Waals surface area contributed by atoms with Crippen LogP contribution in [0.3, 0.4) is 0 Å². The van der Waals surface area contributed by atoms with Crippen LogP contribution in [0.5, 0.6) is 0 Å². The van der Waals surface area contributed by atoms with Crippen molar-refractivity contribution in [3.8, 4) is 44.8 Å². The molecule has 11 rings (SSSR count). The molecule has 0 saturated carbocycles. The highest BCUT2D eigenvalue weighted by molar-refractivity contribution is 6.09. The van der Waals surface area contributed by atoms with Crippen molar-refractivity contribution in [3.63, 3.8) is 0 Å². The van der Waals surface area contributed by atoms with Gasteiger partial charge in [-0.3, -0.25) is 0 Å². The molecule has 56 heavy (non-hydrogen) atoms. The first-order valence-electron chi connectivity index (χ1n) is 19.5. The molecule has 0 unspecified atom stereocenters. The van der Waals surface area contributed by atoms with E-state index < -0.39 is 0 Å². The third-order valence-corrected chi connectivity index (χ3v) is 12.5. The molecule has 1 aromatic heterocycles. The SMILES string of the molecule is CC1(C)c2ccccc2-c2cc(N(c3ccc(-c4cccc5c4ccc4nc(-c6ccccc6)oc45)cc3)c3ccc4c(c3)-c3ccccc3C4(C)C)ccc21. The van der Waals surface area contributed by atoms with Gasteiger partial charge in [0, 0.05) is 38.8 Å². The summed E-state index contributed by atoms with van der Waals surface area (Å²) in [7, 11) is 0. The molecule has 2 aliphatic rings. The molecule has 3 heteroatoms. The first-order chi connectivity index (χ1) is 27.3. The molecule has 0 spiro atoms. The van der Waals surface area contributed by atoms with E-state index in [1.54, 1.807) is 0 Å². The second-order valence-corrected chi connectivity index (χ2v) is 16.4. The molecule has 0 fully saturated rings. The molecule has 0 saturated heterocycles. The molecular formula is C53H40N2O. The van der Waals surface area contributed by atoms with E-state index in [4.69, 9.17) is 9.40 Å². The maximum atomic E-state index is 6.42. The summed E-state index contributed by atoms with van der Waals surface area (Å²) in [6, 6.07) is 61.8. The van der Waals surface area contributed by atoms with Crippen LogP contribution in [-0.4, -0.2) is 4.98 Å². The summed E-state index contributed by atoms with van der Waals surface area (Å²) in [4.78, 5) is 7.26. The molecule has 0 radical (unpaired) electrons. The Morgan fingerprint density at radius 2 is 0.946 bits per heavy atom. The van der Waals surface area contributed by atoms with Crippen molar-refractivity contribution in [3.05, 3.63) is 192 Å². The van der Waals surface area contributed by atoms with Crippen LogP contribution in [0.2, 0.25) is 0 Å². The van der Waals surface area contributed by atoms with E-state index in [2.05, 4.69) is 172 Å². The Labute approximate surface area is 327 Å². The second kappa shape index (κ2) is 11.9. The number of nitrogens with zero attached hydrogens (tertiary/aromatic N) is 2. The Bertz CT molecular complexity index is 2920. The first kappa shape index (κ1) is 32.7. The third-order valence-electron chi connectivity index (χ3n) is 12.5. The van der Waals surface area contributed by atoms with Crippen LogP contribution in [0.15, 0.2) is 174 Å². The lowest BCUT2D eigenvalue weighted by atomic mass is 9.82. The first-order valence-corrected chi connectivity index (χ1v) is 19.5. The predicted molar refractivity (Wildman–Crippen MR) is 232 cm³/mol. The summed E-state index contributed by atoms with van der Waals surface area (Å²) in [6.45, 7) is 9.37. The van der Waals surface area contributed by atoms with Gasteiger partial charge in [0.05, 0.1) is 0 Å². The summed E-state index contributed by atoms with van der Waals surface area (Å²) >= 11 is 0. The van der Waals surface area contributed by atoms with Gasteiger partial charge in [-0.15, -0.1) is 0 Å². The van der Waals surface area contributed by atoms with Crippen LogP contribution < -0.4 is 4.90 Å². The molecule has 0 aliphatic heterocycles. The van der Waals surface area contributed by atoms with Crippen LogP contribution in [0.1, 0.15) is 49.9 Å². The van der Waals surface area contributed by atoms with Crippen molar-refractivity contribution in [1.82, 2.24) is 4.98 Å². The highest BCUT2D eigenvalue weighted by Crippen LogP contribution is 2.53. The number of fused-ring (bicyclic) bond motifs is 9. The van der Waals surface area contributed by atoms with Gasteiger partial charge in [0.1, 0.15) is 5.52 Å². The highest BCUT2D eigenvalue weighted by atomic mass is 16.3. The standard InChI is InChI=1S/C53H40N2O/c1-52(2)45-19-10-8-15-40(45)43-31-36(25-28-47(43)52)55(37-26-29-48-44(32-37)41-16-9-11-20-46(41)53(48,3)4)35-23-21-33(22-24-35)38-17-12-18-42-39(38)27-30-49-50(42)56-51(54-49)34-13-6-5-7-14-34/h5-32H,1-4H3. The van der Waals surface area contributed by atoms with Crippen molar-refractivity contribution in [1.29, 1.82) is 0 Å². The number of rotatable bonds is 5. The normalized spacial score (nSPS) is 14.4. The fourth-order valence-electron chi connectivity index (χ4n) is 9.63. The summed E-state index contributed by atoms with van der Waals surface area (Å²) < 4.78 is 6.42. The van der Waals surface area contributed by atoms with Gasteiger partial charge in [0.25, 0.3) is 0 Å². The highest BCUT2D eigenvalue weighted by Gasteiger charge is 2.37. The fraction of sp³-hybridized carbons (Fsp3) is 0.113. The van der Waals surface area contributed by atoms with Gasteiger partial charge in [-0.2, -0.15) is 0 Å². The zero-order valence-electron chi connectivity index (χ0n) is 32.0. The largest absolute Gasteiger partial charge is 0.435 e. The number of hydrogen-bond donors (Lipinski definition) is 0. The van der Waals surface area contributed by atoms with Crippen LogP contribution in [-0.2, 0) is 10.8 Å². The van der Waals surface area contributed by atoms with Gasteiger partial charge in [-0.1, -0.05) is 143 Å². The van der Waals surface area contributed by atoms with E-state index in [-0.39, 0.29) is 10.8 Å². The fourth-order valence-corrected chi connectivity index (χ4v) is 9.63. The molecule has 8 aromatic carbocycles. The van der Waals surface area contributed by atoms with Gasteiger partial charge in [-0.25, -0.2) is 4.98 Å². The molecule has 0 atom stereocenters. The van der Waals surface area contributed by atoms with E-state index >= 15 is 0 Å². The lowest BCUT2D eigenvalue weighted by Gasteiger charge is -2.28. The van der Waals surface area contributed by atoms with E-state index in [9.17, 15) is 0 Å². The number of oxazole rings is 1. The zero-order chi connectivity index (χ0) is 37.8. The summed E-state index contributed by atoms with van der Waals surface area (Å²) in [5.41, 5.74) is 19.0. The van der Waals surface area contributed by atoms with Gasteiger partial charge in [0.2, 0.25) is 5.89 Å². The molecule has 0 amide bonds. The Balaban J connectivity index is 1.05. The van der Waals surface area contributed by atoms with E-state index in [1.165, 1.54) is 44.5 Å². The predicted octanol–water partition coefficient (Wildman–Crippen LogP) is 14.4. The van der Waals surface area contributed by atoms with Crippen molar-refractivity contribution in [2.75, 3.05) is 4.90 Å². The lowest BCUT2D eigenvalue weighted by molar-refractivity contribution is 0.623. The minimum atomic E-state index is -0.0569. The van der Waals surface area contributed by atoms with Gasteiger partial charge in [0.15, 0.2) is 5.58 Å². The Morgan fingerprint density at radius 3 is 1.57 bits per heavy atom. The maximum absolute atomic E-state index is 6.42. The van der Waals surface area contributed by atoms with Crippen LogP contribution in [0.25, 0.3) is 66.7 Å². The second-order valence-electron chi connectivity index (χ2n) is 16.4. The summed E-state index contributed by atoms with van der Waals surface area (Å²) in [5, 5.41) is 2.20. The van der Waals surface area contributed by atoms with Crippen LogP contribution in [0.4, 0.5) is 17.1 Å². The number of anilines is 3. The molecule has 3 nitrogen and oxygen atoms in total. The molecule has 0 bridgehead atoms. The topological polar surface area (TPSA) is 29.3 Å². The van der Waals surface area contributed by atoms with Crippen molar-refractivity contribution in [2.24, 2.45) is 0 Å². The van der Waals surface area contributed by atoms with Gasteiger partial charge < -0.3 is 9.32 Å². The molecule has 1 heterocycles. The van der Waals surface area contributed by atoms with Crippen molar-refractivity contribution >= 4 is 38.9 Å². The summed E-state index contributed by atoms with van der Waals surface area (Å²) in [5.74, 6) is 0.639. The lowest BCUT2D eigenvalue weighted by Crippen LogP contribution is -2.16. The molecule has 9 aromatic rings. The van der Waals surface area contributed by atoms with E-state index in [1.807, 2.05) is 30.3 Å². The number of hydrogen-bond acceptors (Lipinski definition) is 3. The molecular weight excluding hydrogens is 681 g/mol. The van der Waals surface area contributed by atoms with Crippen LogP contribution in [0, 0.1) is 0 Å². The van der Waals surface area contributed by atoms with Gasteiger partial charge >= 0.3 is 0 Å². The number of aromatic nitrogens is 1. The minimum Gasteiger partial charge on any atom is -0.435 e.